The monoisotopic (exact) mass is 427 g/mol. The number of halogens is 1. The third-order valence-electron chi connectivity index (χ3n) is 6.59. The van der Waals surface area contributed by atoms with Crippen molar-refractivity contribution in [3.05, 3.63) is 29.3 Å². The van der Waals surface area contributed by atoms with E-state index in [1.807, 2.05) is 11.8 Å². The number of nitrogens with zero attached hydrogens (tertiary/aromatic N) is 2. The lowest BCUT2D eigenvalue weighted by Gasteiger charge is -2.26. The summed E-state index contributed by atoms with van der Waals surface area (Å²) in [5.74, 6) is 0.809. The zero-order chi connectivity index (χ0) is 19.2. The Morgan fingerprint density at radius 3 is 2.50 bits per heavy atom. The Morgan fingerprint density at radius 2 is 1.82 bits per heavy atom. The molecular formula is C20H30ClN3O3S. The van der Waals surface area contributed by atoms with Gasteiger partial charge in [0, 0.05) is 37.8 Å². The van der Waals surface area contributed by atoms with E-state index in [0.29, 0.717) is 37.0 Å². The Morgan fingerprint density at radius 1 is 1.11 bits per heavy atom. The predicted octanol–water partition coefficient (Wildman–Crippen LogP) is 2.40. The molecule has 0 aromatic heterocycles. The normalized spacial score (nSPS) is 28.1. The van der Waals surface area contributed by atoms with Crippen molar-refractivity contribution in [2.24, 2.45) is 17.6 Å². The SMILES string of the molecule is Cc1ccc(S(=O)(=O)N2CCCCC2)cc1C(=O)N1CC2CCC(N)C2C1.Cl. The molecule has 3 unspecified atom stereocenters. The summed E-state index contributed by atoms with van der Waals surface area (Å²) in [5, 5.41) is 0. The van der Waals surface area contributed by atoms with Gasteiger partial charge in [-0.15, -0.1) is 12.4 Å². The molecule has 4 rings (SSSR count). The minimum atomic E-state index is -3.54. The van der Waals surface area contributed by atoms with Gasteiger partial charge in [0.15, 0.2) is 0 Å². The third-order valence-corrected chi connectivity index (χ3v) is 8.49. The first-order valence-corrected chi connectivity index (χ1v) is 11.5. The summed E-state index contributed by atoms with van der Waals surface area (Å²) in [6.45, 7) is 4.42. The second kappa shape index (κ2) is 8.30. The van der Waals surface area contributed by atoms with E-state index in [0.717, 1.165) is 44.2 Å². The number of hydrogen-bond donors (Lipinski definition) is 1. The summed E-state index contributed by atoms with van der Waals surface area (Å²) in [7, 11) is -3.54. The van der Waals surface area contributed by atoms with Crippen LogP contribution in [0.3, 0.4) is 0 Å². The number of nitrogens with two attached hydrogens (primary N) is 1. The molecule has 2 saturated heterocycles. The largest absolute Gasteiger partial charge is 0.338 e. The van der Waals surface area contributed by atoms with Gasteiger partial charge in [-0.1, -0.05) is 12.5 Å². The van der Waals surface area contributed by atoms with Gasteiger partial charge in [-0.05, 0) is 62.1 Å². The first-order chi connectivity index (χ1) is 12.9. The zero-order valence-corrected chi connectivity index (χ0v) is 18.0. The molecule has 156 valence electrons. The van der Waals surface area contributed by atoms with Gasteiger partial charge in [0.05, 0.1) is 4.90 Å². The molecule has 2 aliphatic heterocycles. The highest BCUT2D eigenvalue weighted by molar-refractivity contribution is 7.89. The Labute approximate surface area is 173 Å². The van der Waals surface area contributed by atoms with Crippen molar-refractivity contribution in [2.75, 3.05) is 26.2 Å². The van der Waals surface area contributed by atoms with Gasteiger partial charge in [0.2, 0.25) is 10.0 Å². The van der Waals surface area contributed by atoms with Crippen LogP contribution in [0.2, 0.25) is 0 Å². The van der Waals surface area contributed by atoms with E-state index in [2.05, 4.69) is 0 Å². The number of fused-ring (bicyclic) bond motifs is 1. The summed E-state index contributed by atoms with van der Waals surface area (Å²) < 4.78 is 27.5. The van der Waals surface area contributed by atoms with Crippen molar-refractivity contribution in [3.63, 3.8) is 0 Å². The fourth-order valence-corrected chi connectivity index (χ4v) is 6.43. The van der Waals surface area contributed by atoms with E-state index in [1.165, 1.54) is 0 Å². The molecule has 28 heavy (non-hydrogen) atoms. The summed E-state index contributed by atoms with van der Waals surface area (Å²) in [6, 6.07) is 5.15. The number of rotatable bonds is 3. The molecule has 3 atom stereocenters. The second-order valence-electron chi connectivity index (χ2n) is 8.32. The van der Waals surface area contributed by atoms with Crippen molar-refractivity contribution < 1.29 is 13.2 Å². The van der Waals surface area contributed by atoms with E-state index in [-0.39, 0.29) is 29.3 Å². The molecule has 0 bridgehead atoms. The highest BCUT2D eigenvalue weighted by Crippen LogP contribution is 2.38. The topological polar surface area (TPSA) is 83.7 Å². The summed E-state index contributed by atoms with van der Waals surface area (Å²) in [6.07, 6.45) is 4.99. The molecule has 1 aromatic rings. The van der Waals surface area contributed by atoms with Gasteiger partial charge in [0.25, 0.3) is 5.91 Å². The minimum absolute atomic E-state index is 0. The zero-order valence-electron chi connectivity index (χ0n) is 16.3. The lowest BCUT2D eigenvalue weighted by Crippen LogP contribution is -2.36. The lowest BCUT2D eigenvalue weighted by atomic mass is 9.98. The maximum absolute atomic E-state index is 13.1. The fraction of sp³-hybridized carbons (Fsp3) is 0.650. The Balaban J connectivity index is 0.00000225. The number of piperidine rings is 1. The Hall–Kier alpha value is -1.15. The van der Waals surface area contributed by atoms with Crippen molar-refractivity contribution in [1.82, 2.24) is 9.21 Å². The van der Waals surface area contributed by atoms with Crippen molar-refractivity contribution >= 4 is 28.3 Å². The van der Waals surface area contributed by atoms with Gasteiger partial charge < -0.3 is 10.6 Å². The molecule has 0 radical (unpaired) electrons. The smallest absolute Gasteiger partial charge is 0.254 e. The van der Waals surface area contributed by atoms with Crippen LogP contribution in [0.25, 0.3) is 0 Å². The summed E-state index contributed by atoms with van der Waals surface area (Å²) in [5.41, 5.74) is 7.51. The molecule has 0 spiro atoms. The minimum Gasteiger partial charge on any atom is -0.338 e. The van der Waals surface area contributed by atoms with E-state index < -0.39 is 10.0 Å². The molecule has 1 amide bonds. The van der Waals surface area contributed by atoms with Crippen LogP contribution >= 0.6 is 12.4 Å². The fourth-order valence-electron chi connectivity index (χ4n) is 4.89. The molecule has 2 N–H and O–H groups in total. The lowest BCUT2D eigenvalue weighted by molar-refractivity contribution is 0.0778. The second-order valence-corrected chi connectivity index (χ2v) is 10.3. The van der Waals surface area contributed by atoms with Crippen molar-refractivity contribution in [3.8, 4) is 0 Å². The first-order valence-electron chi connectivity index (χ1n) is 10.0. The molecule has 3 fully saturated rings. The number of aryl methyl sites for hydroxylation is 1. The van der Waals surface area contributed by atoms with Gasteiger partial charge in [-0.25, -0.2) is 8.42 Å². The van der Waals surface area contributed by atoms with Crippen LogP contribution in [0.5, 0.6) is 0 Å². The number of benzene rings is 1. The molecule has 8 heteroatoms. The highest BCUT2D eigenvalue weighted by atomic mass is 35.5. The molecule has 2 heterocycles. The van der Waals surface area contributed by atoms with E-state index in [9.17, 15) is 13.2 Å². The average molecular weight is 428 g/mol. The number of likely N-dealkylation sites (tertiary alicyclic amines) is 1. The number of sulfonamides is 1. The van der Waals surface area contributed by atoms with E-state index >= 15 is 0 Å². The number of hydrogen-bond acceptors (Lipinski definition) is 4. The van der Waals surface area contributed by atoms with E-state index in [4.69, 9.17) is 5.73 Å². The van der Waals surface area contributed by atoms with E-state index in [1.54, 1.807) is 22.5 Å². The van der Waals surface area contributed by atoms with Crippen LogP contribution < -0.4 is 5.73 Å². The van der Waals surface area contributed by atoms with Crippen LogP contribution in [0, 0.1) is 18.8 Å². The van der Waals surface area contributed by atoms with Gasteiger partial charge in [-0.3, -0.25) is 4.79 Å². The molecule has 1 aromatic carbocycles. The Kier molecular flexibility index (Phi) is 6.39. The van der Waals surface area contributed by atoms with Gasteiger partial charge >= 0.3 is 0 Å². The number of carbonyl (C=O) groups is 1. The first kappa shape index (κ1) is 21.6. The standard InChI is InChI=1S/C20H29N3O3S.ClH/c1-14-5-7-16(27(25,26)23-9-3-2-4-10-23)11-17(14)20(24)22-12-15-6-8-19(21)18(15)13-22;/h5,7,11,15,18-19H,2-4,6,8-10,12-13,21H2,1H3;1H. The maximum Gasteiger partial charge on any atom is 0.254 e. The molecule has 1 aliphatic carbocycles. The molecule has 6 nitrogen and oxygen atoms in total. The van der Waals surface area contributed by atoms with Gasteiger partial charge in [0.1, 0.15) is 0 Å². The van der Waals surface area contributed by atoms with Crippen LogP contribution in [-0.4, -0.2) is 55.8 Å². The molecular weight excluding hydrogens is 398 g/mol. The highest BCUT2D eigenvalue weighted by Gasteiger charge is 2.42. The third kappa shape index (κ3) is 3.82. The maximum atomic E-state index is 13.1. The van der Waals surface area contributed by atoms with Crippen LogP contribution in [0.4, 0.5) is 0 Å². The average Bonchev–Trinajstić information content (AvgIpc) is 3.24. The van der Waals surface area contributed by atoms with Gasteiger partial charge in [-0.2, -0.15) is 4.31 Å². The van der Waals surface area contributed by atoms with Crippen LogP contribution in [0.1, 0.15) is 48.0 Å². The Bertz CT molecular complexity index is 839. The van der Waals surface area contributed by atoms with Crippen LogP contribution in [-0.2, 0) is 10.0 Å². The van der Waals surface area contributed by atoms with Crippen molar-refractivity contribution in [1.29, 1.82) is 0 Å². The molecule has 3 aliphatic rings. The number of carbonyl (C=O) groups excluding carboxylic acids is 1. The predicted molar refractivity (Wildman–Crippen MR) is 111 cm³/mol. The molecule has 1 saturated carbocycles. The van der Waals surface area contributed by atoms with Crippen molar-refractivity contribution in [2.45, 2.75) is 50.0 Å². The summed E-state index contributed by atoms with van der Waals surface area (Å²) >= 11 is 0. The quantitative estimate of drug-likeness (QED) is 0.802. The van der Waals surface area contributed by atoms with Crippen LogP contribution in [0.15, 0.2) is 23.1 Å². The number of amides is 1. The summed E-state index contributed by atoms with van der Waals surface area (Å²) in [4.78, 5) is 15.2.